The summed E-state index contributed by atoms with van der Waals surface area (Å²) in [6.45, 7) is 3.02. The van der Waals surface area contributed by atoms with Crippen molar-refractivity contribution >= 4 is 5.82 Å². The Hall–Kier alpha value is -3.99. The van der Waals surface area contributed by atoms with Gasteiger partial charge < -0.3 is 14.8 Å². The zero-order valence-corrected chi connectivity index (χ0v) is 17.9. The lowest BCUT2D eigenvalue weighted by atomic mass is 10.0. The summed E-state index contributed by atoms with van der Waals surface area (Å²) in [5, 5.41) is 7.86. The van der Waals surface area contributed by atoms with Gasteiger partial charge in [-0.05, 0) is 41.8 Å². The van der Waals surface area contributed by atoms with Crippen molar-refractivity contribution in [2.45, 2.75) is 26.2 Å². The van der Waals surface area contributed by atoms with E-state index in [1.165, 1.54) is 0 Å². The second kappa shape index (κ2) is 9.02. The summed E-state index contributed by atoms with van der Waals surface area (Å²) in [6, 6.07) is 28.4. The number of allylic oxidation sites excluding steroid dienone is 2. The fraction of sp³-hybridized carbons (Fsp3) is 0.148. The molecule has 4 aromatic rings. The standard InChI is InChI=1S/C27H25N3O2/c1-20-16-24(30-27(29-20)14-15-28-30)23-12-13-25(31-18-21-8-4-2-5-9-21)26(17-23)32-19-22-10-6-3-7-11-22/h2-17,24,29H,18-19H2,1H3. The van der Waals surface area contributed by atoms with Gasteiger partial charge in [0.1, 0.15) is 19.0 Å². The molecule has 0 saturated heterocycles. The number of nitrogens with one attached hydrogen (secondary N) is 1. The van der Waals surface area contributed by atoms with Crippen LogP contribution in [0.4, 0.5) is 5.82 Å². The molecule has 32 heavy (non-hydrogen) atoms. The number of anilines is 1. The number of benzene rings is 3. The van der Waals surface area contributed by atoms with Crippen molar-refractivity contribution in [3.8, 4) is 11.5 Å². The third kappa shape index (κ3) is 4.37. The Morgan fingerprint density at radius 1 is 0.812 bits per heavy atom. The minimum Gasteiger partial charge on any atom is -0.485 e. The van der Waals surface area contributed by atoms with Crippen LogP contribution in [0, 0.1) is 0 Å². The van der Waals surface area contributed by atoms with Crippen LogP contribution in [0.3, 0.4) is 0 Å². The third-order valence-corrected chi connectivity index (χ3v) is 5.45. The molecule has 3 aromatic carbocycles. The van der Waals surface area contributed by atoms with Gasteiger partial charge >= 0.3 is 0 Å². The van der Waals surface area contributed by atoms with E-state index in [4.69, 9.17) is 9.47 Å². The lowest BCUT2D eigenvalue weighted by molar-refractivity contribution is 0.255. The molecule has 0 bridgehead atoms. The van der Waals surface area contributed by atoms with Crippen molar-refractivity contribution < 1.29 is 9.47 Å². The Morgan fingerprint density at radius 2 is 1.47 bits per heavy atom. The highest BCUT2D eigenvalue weighted by molar-refractivity contribution is 5.50. The van der Waals surface area contributed by atoms with Crippen molar-refractivity contribution in [3.05, 3.63) is 120 Å². The van der Waals surface area contributed by atoms with Crippen LogP contribution in [0.2, 0.25) is 0 Å². The normalized spacial score (nSPS) is 14.8. The maximum atomic E-state index is 6.25. The van der Waals surface area contributed by atoms with E-state index >= 15 is 0 Å². The maximum absolute atomic E-state index is 6.25. The Kier molecular flexibility index (Phi) is 5.62. The first-order chi connectivity index (χ1) is 15.8. The van der Waals surface area contributed by atoms with Crippen LogP contribution in [-0.2, 0) is 13.2 Å². The molecular weight excluding hydrogens is 398 g/mol. The molecular formula is C27H25N3O2. The molecule has 5 nitrogen and oxygen atoms in total. The van der Waals surface area contributed by atoms with Gasteiger partial charge in [-0.1, -0.05) is 66.7 Å². The highest BCUT2D eigenvalue weighted by Crippen LogP contribution is 2.36. The molecule has 160 valence electrons. The summed E-state index contributed by atoms with van der Waals surface area (Å²) in [5.74, 6) is 2.43. The van der Waals surface area contributed by atoms with Crippen molar-refractivity contribution in [1.29, 1.82) is 0 Å². The van der Waals surface area contributed by atoms with Gasteiger partial charge in [0, 0.05) is 11.8 Å². The highest BCUT2D eigenvalue weighted by Gasteiger charge is 2.21. The maximum Gasteiger partial charge on any atom is 0.162 e. The molecule has 5 rings (SSSR count). The fourth-order valence-electron chi connectivity index (χ4n) is 3.83. The van der Waals surface area contributed by atoms with Crippen LogP contribution < -0.4 is 14.8 Å². The minimum atomic E-state index is -0.0106. The van der Waals surface area contributed by atoms with E-state index in [1.54, 1.807) is 0 Å². The van der Waals surface area contributed by atoms with Gasteiger partial charge in [-0.3, -0.25) is 0 Å². The SMILES string of the molecule is CC1=CC(c2ccc(OCc3ccccc3)c(OCc3ccccc3)c2)n2nccc2N1. The van der Waals surface area contributed by atoms with Gasteiger partial charge in [-0.2, -0.15) is 5.10 Å². The number of rotatable bonds is 7. The van der Waals surface area contributed by atoms with E-state index in [2.05, 4.69) is 59.8 Å². The number of hydrogen-bond donors (Lipinski definition) is 1. The van der Waals surface area contributed by atoms with Gasteiger partial charge in [0.2, 0.25) is 0 Å². The summed E-state index contributed by atoms with van der Waals surface area (Å²) in [7, 11) is 0. The zero-order valence-electron chi connectivity index (χ0n) is 17.9. The van der Waals surface area contributed by atoms with E-state index in [9.17, 15) is 0 Å². The second-order valence-corrected chi connectivity index (χ2v) is 7.84. The van der Waals surface area contributed by atoms with Gasteiger partial charge in [-0.25, -0.2) is 4.68 Å². The largest absolute Gasteiger partial charge is 0.485 e. The van der Waals surface area contributed by atoms with Crippen LogP contribution in [0.5, 0.6) is 11.5 Å². The number of hydrogen-bond acceptors (Lipinski definition) is 4. The lowest BCUT2D eigenvalue weighted by Crippen LogP contribution is -2.19. The summed E-state index contributed by atoms with van der Waals surface area (Å²) in [4.78, 5) is 0. The average molecular weight is 424 g/mol. The number of ether oxygens (including phenoxy) is 2. The molecule has 5 heteroatoms. The van der Waals surface area contributed by atoms with E-state index in [0.717, 1.165) is 39.7 Å². The average Bonchev–Trinajstić information content (AvgIpc) is 3.31. The molecule has 0 aliphatic carbocycles. The first kappa shape index (κ1) is 19.9. The van der Waals surface area contributed by atoms with Gasteiger partial charge in [0.05, 0.1) is 12.2 Å². The summed E-state index contributed by atoms with van der Waals surface area (Å²) >= 11 is 0. The monoisotopic (exact) mass is 423 g/mol. The van der Waals surface area contributed by atoms with Crippen molar-refractivity contribution in [2.24, 2.45) is 0 Å². The van der Waals surface area contributed by atoms with Crippen LogP contribution in [0.15, 0.2) is 103 Å². The van der Waals surface area contributed by atoms with Crippen LogP contribution >= 0.6 is 0 Å². The number of nitrogens with zero attached hydrogens (tertiary/aromatic N) is 2. The molecule has 0 amide bonds. The highest BCUT2D eigenvalue weighted by atomic mass is 16.5. The van der Waals surface area contributed by atoms with Crippen LogP contribution in [0.1, 0.15) is 29.7 Å². The predicted octanol–water partition coefficient (Wildman–Crippen LogP) is 5.96. The lowest BCUT2D eigenvalue weighted by Gasteiger charge is -2.25. The smallest absolute Gasteiger partial charge is 0.162 e. The first-order valence-electron chi connectivity index (χ1n) is 10.7. The van der Waals surface area contributed by atoms with Crippen molar-refractivity contribution in [1.82, 2.24) is 9.78 Å². The molecule has 1 aliphatic rings. The topological polar surface area (TPSA) is 48.3 Å². The van der Waals surface area contributed by atoms with Gasteiger partial charge in [0.25, 0.3) is 0 Å². The number of fused-ring (bicyclic) bond motifs is 1. The third-order valence-electron chi connectivity index (χ3n) is 5.45. The Labute approximate surface area is 187 Å². The molecule has 1 aliphatic heterocycles. The van der Waals surface area contributed by atoms with E-state index in [1.807, 2.05) is 59.4 Å². The van der Waals surface area contributed by atoms with E-state index < -0.39 is 0 Å². The van der Waals surface area contributed by atoms with Gasteiger partial charge in [-0.15, -0.1) is 0 Å². The molecule has 0 saturated carbocycles. The minimum absolute atomic E-state index is 0.0106. The Balaban J connectivity index is 1.44. The summed E-state index contributed by atoms with van der Waals surface area (Å²) in [6.07, 6.45) is 3.98. The molecule has 1 aromatic heterocycles. The molecule has 0 fully saturated rings. The predicted molar refractivity (Wildman–Crippen MR) is 126 cm³/mol. The molecule has 0 spiro atoms. The van der Waals surface area contributed by atoms with E-state index in [-0.39, 0.29) is 6.04 Å². The fourth-order valence-corrected chi connectivity index (χ4v) is 3.83. The molecule has 1 unspecified atom stereocenters. The molecule has 2 heterocycles. The molecule has 0 radical (unpaired) electrons. The van der Waals surface area contributed by atoms with Crippen LogP contribution in [-0.4, -0.2) is 9.78 Å². The molecule has 1 atom stereocenters. The van der Waals surface area contributed by atoms with Crippen molar-refractivity contribution in [3.63, 3.8) is 0 Å². The zero-order chi connectivity index (χ0) is 21.8. The Morgan fingerprint density at radius 3 is 2.16 bits per heavy atom. The Bertz CT molecular complexity index is 1220. The quantitative estimate of drug-likeness (QED) is 0.398. The first-order valence-corrected chi connectivity index (χ1v) is 10.7. The van der Waals surface area contributed by atoms with Crippen molar-refractivity contribution in [2.75, 3.05) is 5.32 Å². The second-order valence-electron chi connectivity index (χ2n) is 7.84. The van der Waals surface area contributed by atoms with E-state index in [0.29, 0.717) is 13.2 Å². The summed E-state index contributed by atoms with van der Waals surface area (Å²) in [5.41, 5.74) is 4.41. The summed E-state index contributed by atoms with van der Waals surface area (Å²) < 4.78 is 14.4. The number of aromatic nitrogens is 2. The molecule has 1 N–H and O–H groups in total. The van der Waals surface area contributed by atoms with Crippen LogP contribution in [0.25, 0.3) is 0 Å². The van der Waals surface area contributed by atoms with Gasteiger partial charge in [0.15, 0.2) is 11.5 Å².